The first-order valence-corrected chi connectivity index (χ1v) is 8.25. The minimum Gasteiger partial charge on any atom is -0.497 e. The van der Waals surface area contributed by atoms with Gasteiger partial charge in [-0.25, -0.2) is 0 Å². The van der Waals surface area contributed by atoms with Crippen LogP contribution in [0.1, 0.15) is 50.7 Å². The molecule has 1 atom stereocenters. The van der Waals surface area contributed by atoms with E-state index in [0.29, 0.717) is 0 Å². The summed E-state index contributed by atoms with van der Waals surface area (Å²) < 4.78 is 11.2. The monoisotopic (exact) mass is 328 g/mol. The van der Waals surface area contributed by atoms with Crippen molar-refractivity contribution in [1.82, 2.24) is 0 Å². The zero-order valence-electron chi connectivity index (χ0n) is 12.0. The third kappa shape index (κ3) is 6.44. The third-order valence-electron chi connectivity index (χ3n) is 3.17. The third-order valence-corrected chi connectivity index (χ3v) is 3.76. The average Bonchev–Trinajstić information content (AvgIpc) is 2.46. The lowest BCUT2D eigenvalue weighted by atomic mass is 10.1. The standard InChI is InChI=1S/C16H25BrO2/c1-3-4-5-6-7-11-19-16(13-17)14-9-8-10-15(12-14)18-2/h8-10,12,16H,3-7,11,13H2,1-2H3. The Labute approximate surface area is 125 Å². The molecule has 1 rings (SSSR count). The fourth-order valence-electron chi connectivity index (χ4n) is 2.00. The van der Waals surface area contributed by atoms with Gasteiger partial charge in [0.1, 0.15) is 5.75 Å². The van der Waals surface area contributed by atoms with Crippen LogP contribution in [0.3, 0.4) is 0 Å². The van der Waals surface area contributed by atoms with E-state index in [1.165, 1.54) is 31.2 Å². The van der Waals surface area contributed by atoms with Gasteiger partial charge in [0.25, 0.3) is 0 Å². The number of unbranched alkanes of at least 4 members (excludes halogenated alkanes) is 4. The van der Waals surface area contributed by atoms with Gasteiger partial charge >= 0.3 is 0 Å². The quantitative estimate of drug-likeness (QED) is 0.438. The molecule has 0 aromatic heterocycles. The molecule has 0 bridgehead atoms. The lowest BCUT2D eigenvalue weighted by Crippen LogP contribution is -2.07. The molecule has 108 valence electrons. The van der Waals surface area contributed by atoms with E-state index in [4.69, 9.17) is 9.47 Å². The normalized spacial score (nSPS) is 12.4. The average molecular weight is 329 g/mol. The Bertz CT molecular complexity index is 341. The number of rotatable bonds is 10. The number of ether oxygens (including phenoxy) is 2. The summed E-state index contributed by atoms with van der Waals surface area (Å²) in [5, 5.41) is 0.815. The summed E-state index contributed by atoms with van der Waals surface area (Å²) >= 11 is 3.53. The summed E-state index contributed by atoms with van der Waals surface area (Å²) in [5.74, 6) is 0.884. The van der Waals surface area contributed by atoms with Gasteiger partial charge in [0.2, 0.25) is 0 Å². The van der Waals surface area contributed by atoms with Gasteiger partial charge in [0, 0.05) is 11.9 Å². The molecule has 0 heterocycles. The van der Waals surface area contributed by atoms with Crippen molar-refractivity contribution in [3.8, 4) is 5.75 Å². The van der Waals surface area contributed by atoms with Gasteiger partial charge in [0.15, 0.2) is 0 Å². The second-order valence-corrected chi connectivity index (χ2v) is 5.35. The Morgan fingerprint density at radius 1 is 1.16 bits per heavy atom. The molecule has 19 heavy (non-hydrogen) atoms. The fourth-order valence-corrected chi connectivity index (χ4v) is 2.56. The first-order valence-electron chi connectivity index (χ1n) is 7.13. The van der Waals surface area contributed by atoms with E-state index in [1.807, 2.05) is 18.2 Å². The molecular formula is C16H25BrO2. The summed E-state index contributed by atoms with van der Waals surface area (Å²) in [6, 6.07) is 8.10. The minimum atomic E-state index is 0.112. The second kappa shape index (κ2) is 10.3. The Balaban J connectivity index is 2.35. The molecule has 1 aromatic carbocycles. The zero-order chi connectivity index (χ0) is 13.9. The van der Waals surface area contributed by atoms with Crippen LogP contribution in [0, 0.1) is 0 Å². The van der Waals surface area contributed by atoms with Crippen molar-refractivity contribution < 1.29 is 9.47 Å². The van der Waals surface area contributed by atoms with Gasteiger partial charge < -0.3 is 9.47 Å². The molecule has 0 spiro atoms. The molecule has 0 saturated carbocycles. The van der Waals surface area contributed by atoms with Crippen LogP contribution in [0.4, 0.5) is 0 Å². The van der Waals surface area contributed by atoms with Gasteiger partial charge in [-0.15, -0.1) is 0 Å². The van der Waals surface area contributed by atoms with Gasteiger partial charge in [0.05, 0.1) is 13.2 Å². The van der Waals surface area contributed by atoms with E-state index in [1.54, 1.807) is 7.11 Å². The molecule has 0 N–H and O–H groups in total. The molecule has 0 radical (unpaired) electrons. The number of alkyl halides is 1. The van der Waals surface area contributed by atoms with Crippen molar-refractivity contribution in [3.63, 3.8) is 0 Å². The number of hydrogen-bond acceptors (Lipinski definition) is 2. The highest BCUT2D eigenvalue weighted by Crippen LogP contribution is 2.24. The van der Waals surface area contributed by atoms with Gasteiger partial charge in [-0.3, -0.25) is 0 Å². The molecular weight excluding hydrogens is 304 g/mol. The van der Waals surface area contributed by atoms with E-state index in [0.717, 1.165) is 24.1 Å². The van der Waals surface area contributed by atoms with Gasteiger partial charge in [-0.2, -0.15) is 0 Å². The van der Waals surface area contributed by atoms with Crippen molar-refractivity contribution in [3.05, 3.63) is 29.8 Å². The predicted molar refractivity (Wildman–Crippen MR) is 84.2 cm³/mol. The van der Waals surface area contributed by atoms with Crippen molar-refractivity contribution in [2.24, 2.45) is 0 Å². The smallest absolute Gasteiger partial charge is 0.119 e. The molecule has 0 aliphatic heterocycles. The topological polar surface area (TPSA) is 18.5 Å². The highest BCUT2D eigenvalue weighted by Gasteiger charge is 2.11. The fraction of sp³-hybridized carbons (Fsp3) is 0.625. The van der Waals surface area contributed by atoms with Crippen molar-refractivity contribution >= 4 is 15.9 Å². The highest BCUT2D eigenvalue weighted by molar-refractivity contribution is 9.09. The zero-order valence-corrected chi connectivity index (χ0v) is 13.6. The summed E-state index contributed by atoms with van der Waals surface area (Å²) in [6.07, 6.45) is 6.46. The first kappa shape index (κ1) is 16.5. The van der Waals surface area contributed by atoms with Crippen LogP contribution in [0.5, 0.6) is 5.75 Å². The number of halogens is 1. The Hall–Kier alpha value is -0.540. The second-order valence-electron chi connectivity index (χ2n) is 4.70. The minimum absolute atomic E-state index is 0.112. The lowest BCUT2D eigenvalue weighted by Gasteiger charge is -2.16. The van der Waals surface area contributed by atoms with E-state index in [-0.39, 0.29) is 6.10 Å². The maximum atomic E-state index is 5.95. The molecule has 0 amide bonds. The Kier molecular flexibility index (Phi) is 8.93. The molecule has 1 unspecified atom stereocenters. The predicted octanol–water partition coefficient (Wildman–Crippen LogP) is 5.12. The Morgan fingerprint density at radius 2 is 1.95 bits per heavy atom. The summed E-state index contributed by atoms with van der Waals surface area (Å²) in [4.78, 5) is 0. The first-order chi connectivity index (χ1) is 9.31. The SMILES string of the molecule is CCCCCCCOC(CBr)c1cccc(OC)c1. The summed E-state index contributed by atoms with van der Waals surface area (Å²) in [7, 11) is 1.69. The maximum Gasteiger partial charge on any atom is 0.119 e. The van der Waals surface area contributed by atoms with Crippen LogP contribution in [-0.2, 0) is 4.74 Å². The molecule has 0 aliphatic carbocycles. The lowest BCUT2D eigenvalue weighted by molar-refractivity contribution is 0.0666. The summed E-state index contributed by atoms with van der Waals surface area (Å²) in [6.45, 7) is 3.07. The molecule has 3 heteroatoms. The number of methoxy groups -OCH3 is 1. The molecule has 1 aromatic rings. The molecule has 0 saturated heterocycles. The van der Waals surface area contributed by atoms with Crippen LogP contribution >= 0.6 is 15.9 Å². The van der Waals surface area contributed by atoms with Crippen molar-refractivity contribution in [2.45, 2.75) is 45.1 Å². The van der Waals surface area contributed by atoms with Crippen LogP contribution < -0.4 is 4.74 Å². The molecule has 2 nitrogen and oxygen atoms in total. The van der Waals surface area contributed by atoms with E-state index >= 15 is 0 Å². The van der Waals surface area contributed by atoms with Crippen molar-refractivity contribution in [1.29, 1.82) is 0 Å². The Morgan fingerprint density at radius 3 is 2.63 bits per heavy atom. The van der Waals surface area contributed by atoms with Crippen LogP contribution in [-0.4, -0.2) is 19.0 Å². The maximum absolute atomic E-state index is 5.95. The van der Waals surface area contributed by atoms with Crippen LogP contribution in [0.15, 0.2) is 24.3 Å². The van der Waals surface area contributed by atoms with E-state index < -0.39 is 0 Å². The van der Waals surface area contributed by atoms with Crippen molar-refractivity contribution in [2.75, 3.05) is 19.0 Å². The number of benzene rings is 1. The summed E-state index contributed by atoms with van der Waals surface area (Å²) in [5.41, 5.74) is 1.17. The van der Waals surface area contributed by atoms with E-state index in [9.17, 15) is 0 Å². The van der Waals surface area contributed by atoms with Gasteiger partial charge in [-0.05, 0) is 24.1 Å². The van der Waals surface area contributed by atoms with Crippen LogP contribution in [0.25, 0.3) is 0 Å². The molecule has 0 fully saturated rings. The van der Waals surface area contributed by atoms with E-state index in [2.05, 4.69) is 28.9 Å². The highest BCUT2D eigenvalue weighted by atomic mass is 79.9. The largest absolute Gasteiger partial charge is 0.497 e. The number of hydrogen-bond donors (Lipinski definition) is 0. The molecule has 0 aliphatic rings. The van der Waals surface area contributed by atoms with Crippen LogP contribution in [0.2, 0.25) is 0 Å². The van der Waals surface area contributed by atoms with Gasteiger partial charge in [-0.1, -0.05) is 60.7 Å².